The third-order valence-corrected chi connectivity index (χ3v) is 0.602. The molecule has 40 valence electrons. The van der Waals surface area contributed by atoms with Crippen molar-refractivity contribution in [2.24, 2.45) is 0 Å². The minimum absolute atomic E-state index is 0.667. The molecule has 0 aliphatic heterocycles. The number of carbonyl (C=O) groups is 1. The Morgan fingerprint density at radius 1 is 2.00 bits per heavy atom. The quantitative estimate of drug-likeness (QED) is 0.433. The van der Waals surface area contributed by atoms with Crippen LogP contribution in [0.5, 0.6) is 0 Å². The molecule has 0 radical (unpaired) electrons. The normalized spacial score (nSPS) is 12.7. The number of aliphatic carboxylic acids is 1. The first-order valence-electron chi connectivity index (χ1n) is 1.87. The smallest absolute Gasteiger partial charge is 0.366 e. The Morgan fingerprint density at radius 3 is 2.43 bits per heavy atom. The molecule has 1 atom stereocenters. The molecule has 7 heavy (non-hydrogen) atoms. The van der Waals surface area contributed by atoms with Gasteiger partial charge >= 0.3 is 5.97 Å². The molecule has 0 aliphatic carbocycles. The summed E-state index contributed by atoms with van der Waals surface area (Å²) in [5.41, 5.74) is 3.24. The van der Waals surface area contributed by atoms with Gasteiger partial charge in [-0.15, -0.1) is 0 Å². The van der Waals surface area contributed by atoms with Gasteiger partial charge in [-0.3, -0.25) is 0 Å². The Labute approximate surface area is 41.4 Å². The maximum Gasteiger partial charge on any atom is 0.366 e. The van der Waals surface area contributed by atoms with Crippen LogP contribution in [0.1, 0.15) is 0 Å². The number of quaternary nitrogens is 1. The molecule has 0 rings (SSSR count). The van der Waals surface area contributed by atoms with E-state index in [0.29, 0.717) is 0 Å². The summed E-state index contributed by atoms with van der Waals surface area (Å²) in [6, 6.07) is -0.667. The summed E-state index contributed by atoms with van der Waals surface area (Å²) in [7, 11) is 0. The fourth-order valence-electron chi connectivity index (χ4n) is 0.101. The fraction of sp³-hybridized carbons (Fsp3) is 0.250. The molecule has 0 saturated heterocycles. The summed E-state index contributed by atoms with van der Waals surface area (Å²) < 4.78 is 0. The average Bonchev–Trinajstić information content (AvgIpc) is 1.65. The highest BCUT2D eigenvalue weighted by Crippen LogP contribution is 1.71. The van der Waals surface area contributed by atoms with Crippen LogP contribution >= 0.6 is 0 Å². The topological polar surface area (TPSA) is 64.9 Å². The molecular weight excluding hydrogens is 94.0 g/mol. The predicted molar refractivity (Wildman–Crippen MR) is 24.5 cm³/mol. The van der Waals surface area contributed by atoms with Gasteiger partial charge in [-0.1, -0.05) is 6.58 Å². The van der Waals surface area contributed by atoms with Crippen LogP contribution in [-0.2, 0) is 4.79 Å². The summed E-state index contributed by atoms with van der Waals surface area (Å²) in [5, 5.41) is 8.05. The molecule has 3 heteroatoms. The molecule has 0 aliphatic rings. The molecule has 0 bridgehead atoms. The first-order valence-corrected chi connectivity index (χ1v) is 1.87. The van der Waals surface area contributed by atoms with Gasteiger partial charge in [0.1, 0.15) is 0 Å². The van der Waals surface area contributed by atoms with Crippen molar-refractivity contribution < 1.29 is 15.6 Å². The Balaban J connectivity index is 3.55. The number of hydrogen-bond acceptors (Lipinski definition) is 1. The van der Waals surface area contributed by atoms with Gasteiger partial charge < -0.3 is 10.8 Å². The molecule has 0 heterocycles. The molecular formula is C4H8NO2+. The van der Waals surface area contributed by atoms with Crippen molar-refractivity contribution in [2.45, 2.75) is 6.04 Å². The van der Waals surface area contributed by atoms with Crippen LogP contribution in [0.15, 0.2) is 12.7 Å². The lowest BCUT2D eigenvalue weighted by molar-refractivity contribution is -0.391. The van der Waals surface area contributed by atoms with Gasteiger partial charge in [-0.2, -0.15) is 0 Å². The molecule has 0 aromatic rings. The van der Waals surface area contributed by atoms with Gasteiger partial charge in [0.2, 0.25) is 6.04 Å². The number of carboxylic acids is 1. The van der Waals surface area contributed by atoms with Crippen LogP contribution in [0, 0.1) is 0 Å². The van der Waals surface area contributed by atoms with E-state index in [9.17, 15) is 4.79 Å². The molecule has 4 N–H and O–H groups in total. The Morgan fingerprint density at radius 2 is 2.43 bits per heavy atom. The highest BCUT2D eigenvalue weighted by molar-refractivity contribution is 5.73. The van der Waals surface area contributed by atoms with Gasteiger partial charge in [-0.25, -0.2) is 4.79 Å². The van der Waals surface area contributed by atoms with E-state index in [4.69, 9.17) is 5.11 Å². The lowest BCUT2D eigenvalue weighted by Gasteiger charge is -1.89. The van der Waals surface area contributed by atoms with Crippen LogP contribution in [0.2, 0.25) is 0 Å². The second-order valence-corrected chi connectivity index (χ2v) is 1.18. The summed E-state index contributed by atoms with van der Waals surface area (Å²) in [4.78, 5) is 9.80. The van der Waals surface area contributed by atoms with Crippen molar-refractivity contribution in [1.29, 1.82) is 0 Å². The van der Waals surface area contributed by atoms with E-state index < -0.39 is 12.0 Å². The maximum atomic E-state index is 9.80. The lowest BCUT2D eigenvalue weighted by Crippen LogP contribution is -2.63. The molecule has 0 aromatic carbocycles. The number of rotatable bonds is 2. The van der Waals surface area contributed by atoms with Crippen molar-refractivity contribution >= 4 is 5.97 Å². The first-order chi connectivity index (χ1) is 3.18. The summed E-state index contributed by atoms with van der Waals surface area (Å²) in [5.74, 6) is -0.935. The average molecular weight is 102 g/mol. The molecule has 0 spiro atoms. The monoisotopic (exact) mass is 102 g/mol. The van der Waals surface area contributed by atoms with E-state index in [0.717, 1.165) is 0 Å². The largest absolute Gasteiger partial charge is 0.477 e. The minimum atomic E-state index is -0.935. The van der Waals surface area contributed by atoms with Gasteiger partial charge in [0, 0.05) is 0 Å². The molecule has 0 fully saturated rings. The Hall–Kier alpha value is -0.830. The van der Waals surface area contributed by atoms with E-state index in [1.807, 2.05) is 0 Å². The van der Waals surface area contributed by atoms with Crippen molar-refractivity contribution in [1.82, 2.24) is 0 Å². The van der Waals surface area contributed by atoms with Crippen molar-refractivity contribution in [3.63, 3.8) is 0 Å². The predicted octanol–water partition coefficient (Wildman–Crippen LogP) is -1.13. The van der Waals surface area contributed by atoms with Crippen molar-refractivity contribution in [3.05, 3.63) is 12.7 Å². The SMILES string of the molecule is C=CC([NH3+])C(=O)O. The van der Waals surface area contributed by atoms with E-state index in [1.54, 1.807) is 0 Å². The molecule has 0 aromatic heterocycles. The molecule has 1 unspecified atom stereocenters. The van der Waals surface area contributed by atoms with Crippen LogP contribution in [0.25, 0.3) is 0 Å². The van der Waals surface area contributed by atoms with E-state index >= 15 is 0 Å². The summed E-state index contributed by atoms with van der Waals surface area (Å²) in [6.07, 6.45) is 1.28. The number of carboxylic acid groups (broad SMARTS) is 1. The molecule has 0 amide bonds. The Bertz CT molecular complexity index is 89.7. The van der Waals surface area contributed by atoms with Gasteiger partial charge in [0.15, 0.2) is 0 Å². The summed E-state index contributed by atoms with van der Waals surface area (Å²) >= 11 is 0. The fourth-order valence-corrected chi connectivity index (χ4v) is 0.101. The maximum absolute atomic E-state index is 9.80. The second kappa shape index (κ2) is 2.36. The van der Waals surface area contributed by atoms with Crippen LogP contribution in [-0.4, -0.2) is 17.1 Å². The van der Waals surface area contributed by atoms with Crippen LogP contribution < -0.4 is 5.73 Å². The standard InChI is InChI=1S/C4H7NO2/c1-2-3(5)4(6)7/h2-3H,1,5H2,(H,6,7)/p+1. The van der Waals surface area contributed by atoms with Crippen molar-refractivity contribution in [2.75, 3.05) is 0 Å². The van der Waals surface area contributed by atoms with Gasteiger partial charge in [0.25, 0.3) is 0 Å². The molecule has 0 saturated carbocycles. The zero-order chi connectivity index (χ0) is 5.86. The van der Waals surface area contributed by atoms with E-state index in [-0.39, 0.29) is 0 Å². The van der Waals surface area contributed by atoms with E-state index in [1.165, 1.54) is 6.08 Å². The van der Waals surface area contributed by atoms with Gasteiger partial charge in [-0.05, 0) is 6.08 Å². The van der Waals surface area contributed by atoms with Crippen LogP contribution in [0.4, 0.5) is 0 Å². The third-order valence-electron chi connectivity index (χ3n) is 0.602. The highest BCUT2D eigenvalue weighted by Gasteiger charge is 2.07. The number of hydrogen-bond donors (Lipinski definition) is 2. The third kappa shape index (κ3) is 1.94. The second-order valence-electron chi connectivity index (χ2n) is 1.18. The van der Waals surface area contributed by atoms with Crippen LogP contribution in [0.3, 0.4) is 0 Å². The zero-order valence-corrected chi connectivity index (χ0v) is 3.92. The van der Waals surface area contributed by atoms with Gasteiger partial charge in [0.05, 0.1) is 0 Å². The first kappa shape index (κ1) is 6.17. The molecule has 3 nitrogen and oxygen atoms in total. The van der Waals surface area contributed by atoms with Crippen molar-refractivity contribution in [3.8, 4) is 0 Å². The summed E-state index contributed by atoms with van der Waals surface area (Å²) in [6.45, 7) is 3.24. The van der Waals surface area contributed by atoms with E-state index in [2.05, 4.69) is 12.3 Å². The minimum Gasteiger partial charge on any atom is -0.477 e. The zero-order valence-electron chi connectivity index (χ0n) is 3.92. The lowest BCUT2D eigenvalue weighted by atomic mass is 10.3. The Kier molecular flexibility index (Phi) is 2.08. The highest BCUT2D eigenvalue weighted by atomic mass is 16.4.